The molecule has 2 aliphatic rings. The first-order chi connectivity index (χ1) is 10.1. The molecule has 1 aliphatic heterocycles. The van der Waals surface area contributed by atoms with Crippen molar-refractivity contribution in [3.63, 3.8) is 0 Å². The fourth-order valence-corrected chi connectivity index (χ4v) is 3.78. The molecule has 1 N–H and O–H groups in total. The van der Waals surface area contributed by atoms with Crippen LogP contribution in [-0.4, -0.2) is 29.1 Å². The summed E-state index contributed by atoms with van der Waals surface area (Å²) in [7, 11) is 0. The van der Waals surface area contributed by atoms with E-state index in [0.29, 0.717) is 6.54 Å². The molecule has 1 aromatic carbocycles. The van der Waals surface area contributed by atoms with Crippen LogP contribution >= 0.6 is 0 Å². The topological polar surface area (TPSA) is 40.5 Å². The van der Waals surface area contributed by atoms with E-state index in [1.807, 2.05) is 6.92 Å². The van der Waals surface area contributed by atoms with Crippen molar-refractivity contribution < 1.29 is 9.90 Å². The minimum absolute atomic E-state index is 0.566. The second-order valence-electron chi connectivity index (χ2n) is 7.05. The Balaban J connectivity index is 1.60. The minimum Gasteiger partial charge on any atom is -0.481 e. The number of hydrogen-bond acceptors (Lipinski definition) is 2. The summed E-state index contributed by atoms with van der Waals surface area (Å²) in [6, 6.07) is 9.00. The van der Waals surface area contributed by atoms with Gasteiger partial charge in [0, 0.05) is 13.1 Å². The quantitative estimate of drug-likeness (QED) is 0.919. The van der Waals surface area contributed by atoms with Crippen molar-refractivity contribution in [3.8, 4) is 0 Å². The first kappa shape index (κ1) is 14.6. The van der Waals surface area contributed by atoms with Gasteiger partial charge < -0.3 is 5.11 Å². The summed E-state index contributed by atoms with van der Waals surface area (Å²) in [5.74, 6) is 0.0997. The highest BCUT2D eigenvalue weighted by Crippen LogP contribution is 2.34. The molecule has 114 valence electrons. The predicted octanol–water partition coefficient (Wildman–Crippen LogP) is 3.64. The Hall–Kier alpha value is -1.35. The Labute approximate surface area is 127 Å². The summed E-state index contributed by atoms with van der Waals surface area (Å²) in [4.78, 5) is 13.5. The summed E-state index contributed by atoms with van der Waals surface area (Å²) in [6.07, 6.45) is 6.16. The lowest BCUT2D eigenvalue weighted by atomic mass is 9.90. The molecule has 0 amide bonds. The molecule has 1 unspecified atom stereocenters. The molecule has 0 radical (unpaired) electrons. The summed E-state index contributed by atoms with van der Waals surface area (Å²) >= 11 is 0. The van der Waals surface area contributed by atoms with E-state index in [9.17, 15) is 9.90 Å². The highest BCUT2D eigenvalue weighted by Gasteiger charge is 2.40. The van der Waals surface area contributed by atoms with Gasteiger partial charge in [0.1, 0.15) is 0 Å². The van der Waals surface area contributed by atoms with Gasteiger partial charge in [0.25, 0.3) is 0 Å². The van der Waals surface area contributed by atoms with Crippen molar-refractivity contribution in [1.82, 2.24) is 4.90 Å². The second-order valence-corrected chi connectivity index (χ2v) is 7.05. The van der Waals surface area contributed by atoms with Gasteiger partial charge >= 0.3 is 5.97 Å². The largest absolute Gasteiger partial charge is 0.481 e. The highest BCUT2D eigenvalue weighted by atomic mass is 16.4. The molecule has 1 heterocycles. The first-order valence-corrected chi connectivity index (χ1v) is 8.11. The van der Waals surface area contributed by atoms with Crippen LogP contribution in [0.1, 0.15) is 56.1 Å². The molecule has 21 heavy (non-hydrogen) atoms. The maximum absolute atomic E-state index is 11.3. The number of rotatable bonds is 4. The van der Waals surface area contributed by atoms with Crippen molar-refractivity contribution >= 4 is 5.97 Å². The maximum atomic E-state index is 11.3. The van der Waals surface area contributed by atoms with E-state index in [0.717, 1.165) is 25.4 Å². The smallest absolute Gasteiger partial charge is 0.310 e. The SMILES string of the molecule is CC1(C(=O)O)CCN(Cc2ccc(C3CCCC3)cc2)C1. The van der Waals surface area contributed by atoms with Gasteiger partial charge in [-0.3, -0.25) is 9.69 Å². The zero-order chi connectivity index (χ0) is 14.9. The van der Waals surface area contributed by atoms with Crippen molar-refractivity contribution in [1.29, 1.82) is 0 Å². The van der Waals surface area contributed by atoms with Crippen molar-refractivity contribution in [2.75, 3.05) is 13.1 Å². The Kier molecular flexibility index (Phi) is 4.03. The summed E-state index contributed by atoms with van der Waals surface area (Å²) < 4.78 is 0. The lowest BCUT2D eigenvalue weighted by molar-refractivity contribution is -0.147. The normalized spacial score (nSPS) is 27.3. The molecule has 3 heteroatoms. The molecule has 2 fully saturated rings. The second kappa shape index (κ2) is 5.80. The van der Waals surface area contributed by atoms with E-state index in [1.165, 1.54) is 36.8 Å². The standard InChI is InChI=1S/C18H25NO2/c1-18(17(20)21)10-11-19(13-18)12-14-6-8-16(9-7-14)15-4-2-3-5-15/h6-9,15H,2-5,10-13H2,1H3,(H,20,21). The van der Waals surface area contributed by atoms with Crippen LogP contribution in [0.25, 0.3) is 0 Å². The predicted molar refractivity (Wildman–Crippen MR) is 83.3 cm³/mol. The highest BCUT2D eigenvalue weighted by molar-refractivity contribution is 5.74. The van der Waals surface area contributed by atoms with E-state index in [-0.39, 0.29) is 0 Å². The number of carboxylic acid groups (broad SMARTS) is 1. The molecule has 0 spiro atoms. The average molecular weight is 287 g/mol. The van der Waals surface area contributed by atoms with E-state index >= 15 is 0 Å². The van der Waals surface area contributed by atoms with Crippen LogP contribution in [0.3, 0.4) is 0 Å². The van der Waals surface area contributed by atoms with Gasteiger partial charge in [-0.05, 0) is 49.8 Å². The lowest BCUT2D eigenvalue weighted by Gasteiger charge is -2.20. The van der Waals surface area contributed by atoms with Crippen molar-refractivity contribution in [3.05, 3.63) is 35.4 Å². The number of benzene rings is 1. The number of carboxylic acids is 1. The molecule has 1 aliphatic carbocycles. The van der Waals surface area contributed by atoms with Crippen LogP contribution < -0.4 is 0 Å². The Morgan fingerprint density at radius 3 is 2.52 bits per heavy atom. The number of likely N-dealkylation sites (tertiary alicyclic amines) is 1. The van der Waals surface area contributed by atoms with Gasteiger partial charge in [-0.25, -0.2) is 0 Å². The molecular weight excluding hydrogens is 262 g/mol. The van der Waals surface area contributed by atoms with Gasteiger partial charge in [0.15, 0.2) is 0 Å². The van der Waals surface area contributed by atoms with Crippen LogP contribution in [0.15, 0.2) is 24.3 Å². The van der Waals surface area contributed by atoms with Gasteiger partial charge in [-0.2, -0.15) is 0 Å². The molecule has 1 saturated heterocycles. The molecule has 1 aromatic rings. The number of nitrogens with zero attached hydrogens (tertiary/aromatic N) is 1. The van der Waals surface area contributed by atoms with Gasteiger partial charge in [-0.1, -0.05) is 37.1 Å². The molecule has 0 bridgehead atoms. The number of carbonyl (C=O) groups is 1. The summed E-state index contributed by atoms with van der Waals surface area (Å²) in [5.41, 5.74) is 2.21. The molecular formula is C18H25NO2. The zero-order valence-corrected chi connectivity index (χ0v) is 12.8. The molecule has 3 rings (SSSR count). The minimum atomic E-state index is -0.665. The third kappa shape index (κ3) is 3.13. The Bertz CT molecular complexity index is 504. The third-order valence-corrected chi connectivity index (χ3v) is 5.28. The van der Waals surface area contributed by atoms with Crippen molar-refractivity contribution in [2.24, 2.45) is 5.41 Å². The maximum Gasteiger partial charge on any atom is 0.310 e. The van der Waals surface area contributed by atoms with Crippen LogP contribution in [0.4, 0.5) is 0 Å². The van der Waals surface area contributed by atoms with E-state index in [1.54, 1.807) is 0 Å². The monoisotopic (exact) mass is 287 g/mol. The Morgan fingerprint density at radius 2 is 1.95 bits per heavy atom. The zero-order valence-electron chi connectivity index (χ0n) is 12.8. The lowest BCUT2D eigenvalue weighted by Crippen LogP contribution is -2.31. The first-order valence-electron chi connectivity index (χ1n) is 8.11. The van der Waals surface area contributed by atoms with Gasteiger partial charge in [0.2, 0.25) is 0 Å². The number of hydrogen-bond donors (Lipinski definition) is 1. The number of aliphatic carboxylic acids is 1. The van der Waals surface area contributed by atoms with E-state index < -0.39 is 11.4 Å². The van der Waals surface area contributed by atoms with Crippen LogP contribution in [0.5, 0.6) is 0 Å². The molecule has 1 saturated carbocycles. The molecule has 3 nitrogen and oxygen atoms in total. The van der Waals surface area contributed by atoms with Gasteiger partial charge in [-0.15, -0.1) is 0 Å². The van der Waals surface area contributed by atoms with E-state index in [2.05, 4.69) is 29.2 Å². The van der Waals surface area contributed by atoms with Crippen molar-refractivity contribution in [2.45, 2.75) is 51.5 Å². The molecule has 1 atom stereocenters. The molecule has 0 aromatic heterocycles. The van der Waals surface area contributed by atoms with E-state index in [4.69, 9.17) is 0 Å². The summed E-state index contributed by atoms with van der Waals surface area (Å²) in [5, 5.41) is 9.29. The van der Waals surface area contributed by atoms with Gasteiger partial charge in [0.05, 0.1) is 5.41 Å². The summed E-state index contributed by atoms with van der Waals surface area (Å²) in [6.45, 7) is 4.27. The van der Waals surface area contributed by atoms with Crippen LogP contribution in [-0.2, 0) is 11.3 Å². The van der Waals surface area contributed by atoms with Crippen LogP contribution in [0.2, 0.25) is 0 Å². The van der Waals surface area contributed by atoms with Crippen LogP contribution in [0, 0.1) is 5.41 Å². The third-order valence-electron chi connectivity index (χ3n) is 5.28. The average Bonchev–Trinajstić information content (AvgIpc) is 3.11. The fraction of sp³-hybridized carbons (Fsp3) is 0.611. The Morgan fingerprint density at radius 1 is 1.29 bits per heavy atom. The fourth-order valence-electron chi connectivity index (χ4n) is 3.78.